The standard InChI is InChI=1S/C13H14N4O5/c1-7-8(2)22-11(16-7)6-15-12-10(17(19)20)4-9(5-14-12)13(18)21-3/h4-5H,6H2,1-3H3,(H,14,15). The molecule has 22 heavy (non-hydrogen) atoms. The Kier molecular flexibility index (Phi) is 4.35. The minimum Gasteiger partial charge on any atom is -0.465 e. The normalized spacial score (nSPS) is 10.3. The first-order chi connectivity index (χ1) is 10.4. The number of esters is 1. The Morgan fingerprint density at radius 3 is 2.77 bits per heavy atom. The zero-order valence-corrected chi connectivity index (χ0v) is 12.2. The lowest BCUT2D eigenvalue weighted by molar-refractivity contribution is -0.384. The van der Waals surface area contributed by atoms with Crippen LogP contribution in [0.3, 0.4) is 0 Å². The summed E-state index contributed by atoms with van der Waals surface area (Å²) >= 11 is 0. The molecule has 1 N–H and O–H groups in total. The Morgan fingerprint density at radius 1 is 1.50 bits per heavy atom. The maximum Gasteiger partial charge on any atom is 0.339 e. The van der Waals surface area contributed by atoms with Gasteiger partial charge in [0.2, 0.25) is 11.7 Å². The third-order valence-corrected chi connectivity index (χ3v) is 2.97. The topological polar surface area (TPSA) is 120 Å². The number of rotatable bonds is 5. The van der Waals surface area contributed by atoms with Gasteiger partial charge in [0.15, 0.2) is 0 Å². The van der Waals surface area contributed by atoms with E-state index in [9.17, 15) is 14.9 Å². The number of anilines is 1. The van der Waals surface area contributed by atoms with E-state index in [0.717, 1.165) is 11.8 Å². The molecular formula is C13H14N4O5. The highest BCUT2D eigenvalue weighted by Crippen LogP contribution is 2.23. The van der Waals surface area contributed by atoms with Gasteiger partial charge in [-0.05, 0) is 13.8 Å². The molecule has 9 nitrogen and oxygen atoms in total. The van der Waals surface area contributed by atoms with Crippen LogP contribution in [0.5, 0.6) is 0 Å². The molecule has 2 aromatic heterocycles. The van der Waals surface area contributed by atoms with Gasteiger partial charge < -0.3 is 14.5 Å². The van der Waals surface area contributed by atoms with Gasteiger partial charge >= 0.3 is 11.7 Å². The first-order valence-electron chi connectivity index (χ1n) is 6.32. The maximum atomic E-state index is 11.4. The van der Waals surface area contributed by atoms with Gasteiger partial charge in [0.1, 0.15) is 5.76 Å². The monoisotopic (exact) mass is 306 g/mol. The second-order valence-corrected chi connectivity index (χ2v) is 4.44. The number of nitrogens with one attached hydrogen (secondary N) is 1. The first kappa shape index (κ1) is 15.4. The Balaban J connectivity index is 2.22. The molecule has 9 heteroatoms. The van der Waals surface area contributed by atoms with Crippen LogP contribution in [0, 0.1) is 24.0 Å². The van der Waals surface area contributed by atoms with Crippen molar-refractivity contribution in [1.29, 1.82) is 0 Å². The molecule has 2 heterocycles. The predicted molar refractivity (Wildman–Crippen MR) is 75.5 cm³/mol. The van der Waals surface area contributed by atoms with E-state index < -0.39 is 10.9 Å². The molecule has 0 amide bonds. The lowest BCUT2D eigenvalue weighted by Crippen LogP contribution is -2.08. The lowest BCUT2D eigenvalue weighted by Gasteiger charge is -2.05. The SMILES string of the molecule is COC(=O)c1cnc(NCc2nc(C)c(C)o2)c([N+](=O)[O-])c1. The fourth-order valence-corrected chi connectivity index (χ4v) is 1.73. The van der Waals surface area contributed by atoms with Crippen LogP contribution in [0.1, 0.15) is 27.7 Å². The minimum atomic E-state index is -0.693. The summed E-state index contributed by atoms with van der Waals surface area (Å²) in [5.74, 6) is 0.399. The summed E-state index contributed by atoms with van der Waals surface area (Å²) in [5, 5.41) is 13.9. The van der Waals surface area contributed by atoms with Gasteiger partial charge in [-0.3, -0.25) is 10.1 Å². The summed E-state index contributed by atoms with van der Waals surface area (Å²) in [4.78, 5) is 29.9. The van der Waals surface area contributed by atoms with Crippen LogP contribution < -0.4 is 5.32 Å². The van der Waals surface area contributed by atoms with Crippen molar-refractivity contribution in [2.24, 2.45) is 0 Å². The number of carbonyl (C=O) groups is 1. The maximum absolute atomic E-state index is 11.4. The highest BCUT2D eigenvalue weighted by Gasteiger charge is 2.20. The summed E-state index contributed by atoms with van der Waals surface area (Å²) in [6.45, 7) is 3.71. The van der Waals surface area contributed by atoms with E-state index in [4.69, 9.17) is 4.42 Å². The predicted octanol–water partition coefficient (Wildman–Crippen LogP) is 1.99. The van der Waals surface area contributed by atoms with Crippen molar-refractivity contribution in [3.05, 3.63) is 45.3 Å². The molecule has 2 rings (SSSR count). The average Bonchev–Trinajstić information content (AvgIpc) is 2.82. The Hall–Kier alpha value is -2.97. The zero-order chi connectivity index (χ0) is 16.3. The number of hydrogen-bond donors (Lipinski definition) is 1. The van der Waals surface area contributed by atoms with Crippen LogP contribution in [0.25, 0.3) is 0 Å². The highest BCUT2D eigenvalue weighted by molar-refractivity contribution is 5.90. The van der Waals surface area contributed by atoms with Crippen molar-refractivity contribution in [3.8, 4) is 0 Å². The van der Waals surface area contributed by atoms with Crippen LogP contribution in [0.2, 0.25) is 0 Å². The highest BCUT2D eigenvalue weighted by atomic mass is 16.6. The van der Waals surface area contributed by atoms with Gasteiger partial charge in [-0.15, -0.1) is 0 Å². The van der Waals surface area contributed by atoms with E-state index in [1.807, 2.05) is 0 Å². The molecule has 0 aromatic carbocycles. The van der Waals surface area contributed by atoms with Crippen molar-refractivity contribution in [2.75, 3.05) is 12.4 Å². The van der Waals surface area contributed by atoms with E-state index >= 15 is 0 Å². The number of aromatic nitrogens is 2. The molecule has 0 atom stereocenters. The summed E-state index contributed by atoms with van der Waals surface area (Å²) in [6.07, 6.45) is 1.20. The van der Waals surface area contributed by atoms with Crippen LogP contribution in [0.4, 0.5) is 11.5 Å². The van der Waals surface area contributed by atoms with Gasteiger partial charge in [-0.2, -0.15) is 0 Å². The van der Waals surface area contributed by atoms with Gasteiger partial charge in [0, 0.05) is 12.3 Å². The van der Waals surface area contributed by atoms with Crippen molar-refractivity contribution in [3.63, 3.8) is 0 Å². The van der Waals surface area contributed by atoms with Crippen molar-refractivity contribution in [1.82, 2.24) is 9.97 Å². The zero-order valence-electron chi connectivity index (χ0n) is 12.2. The van der Waals surface area contributed by atoms with Gasteiger partial charge in [0.25, 0.3) is 0 Å². The fraction of sp³-hybridized carbons (Fsp3) is 0.308. The van der Waals surface area contributed by atoms with Crippen LogP contribution in [-0.4, -0.2) is 28.0 Å². The third kappa shape index (κ3) is 3.19. The van der Waals surface area contributed by atoms with Gasteiger partial charge in [-0.1, -0.05) is 0 Å². The molecule has 2 aromatic rings. The number of hydrogen-bond acceptors (Lipinski definition) is 8. The van der Waals surface area contributed by atoms with Crippen molar-refractivity contribution >= 4 is 17.5 Å². The van der Waals surface area contributed by atoms with E-state index in [-0.39, 0.29) is 23.6 Å². The molecule has 0 aliphatic rings. The molecule has 0 unspecified atom stereocenters. The summed E-state index contributed by atoms with van der Waals surface area (Å²) in [7, 11) is 1.19. The lowest BCUT2D eigenvalue weighted by atomic mass is 10.2. The van der Waals surface area contributed by atoms with Crippen LogP contribution >= 0.6 is 0 Å². The first-order valence-corrected chi connectivity index (χ1v) is 6.32. The van der Waals surface area contributed by atoms with Crippen LogP contribution in [-0.2, 0) is 11.3 Å². The molecule has 0 bridgehead atoms. The molecular weight excluding hydrogens is 292 g/mol. The number of ether oxygens (including phenoxy) is 1. The number of nitrogens with zero attached hydrogens (tertiary/aromatic N) is 3. The summed E-state index contributed by atoms with van der Waals surface area (Å²) in [6, 6.07) is 1.10. The van der Waals surface area contributed by atoms with Crippen molar-refractivity contribution < 1.29 is 18.9 Å². The molecule has 0 fully saturated rings. The number of nitro groups is 1. The van der Waals surface area contributed by atoms with Gasteiger partial charge in [0.05, 0.1) is 29.8 Å². The molecule has 0 aliphatic carbocycles. The fourth-order valence-electron chi connectivity index (χ4n) is 1.73. The average molecular weight is 306 g/mol. The Bertz CT molecular complexity index is 706. The number of aryl methyl sites for hydroxylation is 2. The second kappa shape index (κ2) is 6.20. The van der Waals surface area contributed by atoms with Crippen molar-refractivity contribution in [2.45, 2.75) is 20.4 Å². The molecule has 0 saturated carbocycles. The Labute approximate surface area is 125 Å². The number of methoxy groups -OCH3 is 1. The van der Waals surface area contributed by atoms with Gasteiger partial charge in [-0.25, -0.2) is 14.8 Å². The smallest absolute Gasteiger partial charge is 0.339 e. The van der Waals surface area contributed by atoms with E-state index in [1.165, 1.54) is 13.3 Å². The summed E-state index contributed by atoms with van der Waals surface area (Å²) < 4.78 is 9.88. The number of oxazole rings is 1. The largest absolute Gasteiger partial charge is 0.465 e. The molecule has 0 spiro atoms. The third-order valence-electron chi connectivity index (χ3n) is 2.97. The quantitative estimate of drug-likeness (QED) is 0.505. The molecule has 0 radical (unpaired) electrons. The number of pyridine rings is 1. The van der Waals surface area contributed by atoms with E-state index in [1.54, 1.807) is 13.8 Å². The number of carbonyl (C=O) groups excluding carboxylic acids is 1. The Morgan fingerprint density at radius 2 is 2.23 bits per heavy atom. The molecule has 116 valence electrons. The van der Waals surface area contributed by atoms with E-state index in [0.29, 0.717) is 11.7 Å². The van der Waals surface area contributed by atoms with Crippen LogP contribution in [0.15, 0.2) is 16.7 Å². The second-order valence-electron chi connectivity index (χ2n) is 4.44. The molecule has 0 aliphatic heterocycles. The summed E-state index contributed by atoms with van der Waals surface area (Å²) in [5.41, 5.74) is 0.422. The molecule has 0 saturated heterocycles. The minimum absolute atomic E-state index is 0.00237. The van der Waals surface area contributed by atoms with E-state index in [2.05, 4.69) is 20.0 Å².